The molecule has 90 valence electrons. The number of nitrogens with zero attached hydrogens (tertiary/aromatic N) is 1. The van der Waals surface area contributed by atoms with Gasteiger partial charge in [0.05, 0.1) is 12.0 Å². The topological polar surface area (TPSA) is 23.8 Å². The molecule has 1 unspecified atom stereocenters. The second-order valence-corrected chi connectivity index (χ2v) is 5.35. The summed E-state index contributed by atoms with van der Waals surface area (Å²) in [5.41, 5.74) is 3.84. The van der Waals surface area contributed by atoms with Crippen molar-refractivity contribution < 1.29 is 0 Å². The molecule has 17 heavy (non-hydrogen) atoms. The van der Waals surface area contributed by atoms with Crippen LogP contribution in [-0.4, -0.2) is 0 Å². The second-order valence-electron chi connectivity index (χ2n) is 5.35. The Kier molecular flexibility index (Phi) is 3.84. The standard InChI is InChI=1S/C16H21N/c1-12-8-9-15(10-13(12)2)16(11-17)14-6-4-3-5-7-14/h8-10,14,16H,3-7H2,1-2H3. The van der Waals surface area contributed by atoms with E-state index in [9.17, 15) is 5.26 Å². The van der Waals surface area contributed by atoms with Gasteiger partial charge in [0.1, 0.15) is 0 Å². The van der Waals surface area contributed by atoms with Crippen LogP contribution in [0.4, 0.5) is 0 Å². The molecular weight excluding hydrogens is 206 g/mol. The highest BCUT2D eigenvalue weighted by Gasteiger charge is 2.24. The number of rotatable bonds is 2. The SMILES string of the molecule is Cc1ccc(C(C#N)C2CCCCC2)cc1C. The van der Waals surface area contributed by atoms with Crippen LogP contribution in [0.25, 0.3) is 0 Å². The number of benzene rings is 1. The molecule has 0 radical (unpaired) electrons. The van der Waals surface area contributed by atoms with Gasteiger partial charge in [0.2, 0.25) is 0 Å². The van der Waals surface area contributed by atoms with Crippen molar-refractivity contribution in [1.29, 1.82) is 5.26 Å². The monoisotopic (exact) mass is 227 g/mol. The highest BCUT2D eigenvalue weighted by atomic mass is 14.3. The van der Waals surface area contributed by atoms with Gasteiger partial charge in [-0.1, -0.05) is 37.5 Å². The molecule has 0 aliphatic heterocycles. The maximum atomic E-state index is 9.44. The molecule has 0 heterocycles. The number of nitriles is 1. The average molecular weight is 227 g/mol. The minimum Gasteiger partial charge on any atom is -0.198 e. The van der Waals surface area contributed by atoms with Crippen molar-refractivity contribution in [2.45, 2.75) is 51.9 Å². The molecule has 0 N–H and O–H groups in total. The lowest BCUT2D eigenvalue weighted by Gasteiger charge is -2.26. The molecule has 2 rings (SSSR count). The van der Waals surface area contributed by atoms with Crippen molar-refractivity contribution in [2.75, 3.05) is 0 Å². The maximum absolute atomic E-state index is 9.44. The van der Waals surface area contributed by atoms with E-state index in [0.29, 0.717) is 5.92 Å². The van der Waals surface area contributed by atoms with E-state index in [1.807, 2.05) is 0 Å². The highest BCUT2D eigenvalue weighted by molar-refractivity contribution is 5.34. The Morgan fingerprint density at radius 1 is 1.12 bits per heavy atom. The largest absolute Gasteiger partial charge is 0.198 e. The van der Waals surface area contributed by atoms with Crippen LogP contribution in [0.15, 0.2) is 18.2 Å². The van der Waals surface area contributed by atoms with E-state index in [1.165, 1.54) is 48.8 Å². The molecule has 1 atom stereocenters. The van der Waals surface area contributed by atoms with E-state index < -0.39 is 0 Å². The molecule has 0 amide bonds. The van der Waals surface area contributed by atoms with Gasteiger partial charge in [0, 0.05) is 0 Å². The Morgan fingerprint density at radius 3 is 2.41 bits per heavy atom. The summed E-state index contributed by atoms with van der Waals surface area (Å²) in [5, 5.41) is 9.44. The molecule has 1 nitrogen and oxygen atoms in total. The van der Waals surface area contributed by atoms with E-state index in [0.717, 1.165) is 0 Å². The summed E-state index contributed by atoms with van der Waals surface area (Å²) >= 11 is 0. The summed E-state index contributed by atoms with van der Waals surface area (Å²) in [7, 11) is 0. The molecule has 1 saturated carbocycles. The van der Waals surface area contributed by atoms with Crippen molar-refractivity contribution in [2.24, 2.45) is 5.92 Å². The third-order valence-electron chi connectivity index (χ3n) is 4.15. The van der Waals surface area contributed by atoms with E-state index in [4.69, 9.17) is 0 Å². The minimum atomic E-state index is 0.106. The fourth-order valence-corrected chi connectivity index (χ4v) is 2.88. The van der Waals surface area contributed by atoms with Crippen LogP contribution in [-0.2, 0) is 0 Å². The van der Waals surface area contributed by atoms with Crippen LogP contribution in [0.1, 0.15) is 54.7 Å². The van der Waals surface area contributed by atoms with Crippen molar-refractivity contribution in [3.63, 3.8) is 0 Å². The van der Waals surface area contributed by atoms with Crippen LogP contribution >= 0.6 is 0 Å². The van der Waals surface area contributed by atoms with Crippen molar-refractivity contribution in [1.82, 2.24) is 0 Å². The predicted octanol–water partition coefficient (Wildman–Crippen LogP) is 4.49. The number of hydrogen-bond donors (Lipinski definition) is 0. The molecule has 1 aliphatic rings. The quantitative estimate of drug-likeness (QED) is 0.730. The molecule has 0 saturated heterocycles. The molecule has 0 bridgehead atoms. The average Bonchev–Trinajstić information content (AvgIpc) is 2.36. The van der Waals surface area contributed by atoms with Gasteiger partial charge in [-0.25, -0.2) is 0 Å². The first kappa shape index (κ1) is 12.2. The number of aryl methyl sites for hydroxylation is 2. The summed E-state index contributed by atoms with van der Waals surface area (Å²) in [6.07, 6.45) is 6.40. The molecule has 0 spiro atoms. The Labute approximate surface area is 104 Å². The van der Waals surface area contributed by atoms with Crippen molar-refractivity contribution in [3.05, 3.63) is 34.9 Å². The van der Waals surface area contributed by atoms with Gasteiger partial charge in [-0.05, 0) is 49.3 Å². The smallest absolute Gasteiger partial charge is 0.0741 e. The second kappa shape index (κ2) is 5.36. The lowest BCUT2D eigenvalue weighted by molar-refractivity contribution is 0.335. The maximum Gasteiger partial charge on any atom is 0.0741 e. The lowest BCUT2D eigenvalue weighted by Crippen LogP contribution is -2.15. The minimum absolute atomic E-state index is 0.106. The van der Waals surface area contributed by atoms with Crippen LogP contribution in [0.5, 0.6) is 0 Å². The van der Waals surface area contributed by atoms with Crippen molar-refractivity contribution in [3.8, 4) is 6.07 Å². The third-order valence-corrected chi connectivity index (χ3v) is 4.15. The van der Waals surface area contributed by atoms with E-state index in [2.05, 4.69) is 38.1 Å². The Morgan fingerprint density at radius 2 is 1.82 bits per heavy atom. The summed E-state index contributed by atoms with van der Waals surface area (Å²) in [6.45, 7) is 4.26. The van der Waals surface area contributed by atoms with Crippen LogP contribution < -0.4 is 0 Å². The predicted molar refractivity (Wildman–Crippen MR) is 70.8 cm³/mol. The Hall–Kier alpha value is -1.29. The number of hydrogen-bond acceptors (Lipinski definition) is 1. The molecule has 1 heteroatoms. The highest BCUT2D eigenvalue weighted by Crippen LogP contribution is 2.36. The first-order valence-electron chi connectivity index (χ1n) is 6.69. The van der Waals surface area contributed by atoms with Gasteiger partial charge < -0.3 is 0 Å². The summed E-state index contributed by atoms with van der Waals surface area (Å²) in [4.78, 5) is 0. The van der Waals surface area contributed by atoms with Crippen LogP contribution in [0, 0.1) is 31.1 Å². The first-order chi connectivity index (χ1) is 8.22. The van der Waals surface area contributed by atoms with Gasteiger partial charge in [-0.2, -0.15) is 5.26 Å². The molecule has 1 fully saturated rings. The molecule has 1 aliphatic carbocycles. The zero-order chi connectivity index (χ0) is 12.3. The van der Waals surface area contributed by atoms with Gasteiger partial charge in [0.15, 0.2) is 0 Å². The van der Waals surface area contributed by atoms with Crippen LogP contribution in [0.2, 0.25) is 0 Å². The summed E-state index contributed by atoms with van der Waals surface area (Å²) in [5.74, 6) is 0.686. The fraction of sp³-hybridized carbons (Fsp3) is 0.562. The lowest BCUT2D eigenvalue weighted by atomic mass is 9.77. The van der Waals surface area contributed by atoms with E-state index in [-0.39, 0.29) is 5.92 Å². The van der Waals surface area contributed by atoms with Gasteiger partial charge in [0.25, 0.3) is 0 Å². The fourth-order valence-electron chi connectivity index (χ4n) is 2.88. The van der Waals surface area contributed by atoms with E-state index >= 15 is 0 Å². The third kappa shape index (κ3) is 2.69. The van der Waals surface area contributed by atoms with Crippen LogP contribution in [0.3, 0.4) is 0 Å². The zero-order valence-corrected chi connectivity index (χ0v) is 10.9. The first-order valence-corrected chi connectivity index (χ1v) is 6.69. The molecule has 0 aromatic heterocycles. The molecule has 1 aromatic carbocycles. The Balaban J connectivity index is 2.22. The molecule has 1 aromatic rings. The summed E-state index contributed by atoms with van der Waals surface area (Å²) in [6, 6.07) is 9.04. The van der Waals surface area contributed by atoms with Gasteiger partial charge in [-0.3, -0.25) is 0 Å². The van der Waals surface area contributed by atoms with Gasteiger partial charge >= 0.3 is 0 Å². The van der Waals surface area contributed by atoms with Gasteiger partial charge in [-0.15, -0.1) is 0 Å². The Bertz CT molecular complexity index is 422. The normalized spacial score (nSPS) is 18.6. The molecular formula is C16H21N. The van der Waals surface area contributed by atoms with Crippen molar-refractivity contribution >= 4 is 0 Å². The zero-order valence-electron chi connectivity index (χ0n) is 10.9. The summed E-state index contributed by atoms with van der Waals surface area (Å²) < 4.78 is 0. The van der Waals surface area contributed by atoms with E-state index in [1.54, 1.807) is 0 Å².